The van der Waals surface area contributed by atoms with Crippen molar-refractivity contribution in [3.8, 4) is 0 Å². The van der Waals surface area contributed by atoms with Crippen LogP contribution in [0.5, 0.6) is 0 Å². The molecule has 1 aliphatic rings. The van der Waals surface area contributed by atoms with Gasteiger partial charge in [-0.3, -0.25) is 4.79 Å². The molecule has 3 aromatic rings. The van der Waals surface area contributed by atoms with Crippen LogP contribution in [0.15, 0.2) is 36.5 Å². The number of carbonyl (C=O) groups excluding carboxylic acids is 1. The summed E-state index contributed by atoms with van der Waals surface area (Å²) < 4.78 is 43.5. The van der Waals surface area contributed by atoms with Gasteiger partial charge in [-0.15, -0.1) is 0 Å². The van der Waals surface area contributed by atoms with Gasteiger partial charge < -0.3 is 14.0 Å². The number of imidazole rings is 1. The molecule has 0 aliphatic carbocycles. The van der Waals surface area contributed by atoms with Crippen LogP contribution in [0.1, 0.15) is 54.7 Å². The highest BCUT2D eigenvalue weighted by molar-refractivity contribution is 5.97. The fourth-order valence-electron chi connectivity index (χ4n) is 3.98. The smallest absolute Gasteiger partial charge is 0.348 e. The van der Waals surface area contributed by atoms with E-state index in [0.717, 1.165) is 5.69 Å². The SMILES string of the molecule is CC1c2cccn2CCN1C(=O)c1ccc2c(c1)nc(C(F)(F)F)n2C(C)C. The molecule has 1 aliphatic heterocycles. The van der Waals surface area contributed by atoms with Gasteiger partial charge in [0.05, 0.1) is 17.1 Å². The molecule has 0 fully saturated rings. The molecule has 5 nitrogen and oxygen atoms in total. The number of nitrogens with zero attached hydrogens (tertiary/aromatic N) is 4. The first-order chi connectivity index (χ1) is 13.2. The average Bonchev–Trinajstić information content (AvgIpc) is 3.25. The van der Waals surface area contributed by atoms with E-state index in [4.69, 9.17) is 0 Å². The minimum absolute atomic E-state index is 0.106. The van der Waals surface area contributed by atoms with Crippen molar-refractivity contribution < 1.29 is 18.0 Å². The van der Waals surface area contributed by atoms with Crippen molar-refractivity contribution in [1.29, 1.82) is 0 Å². The van der Waals surface area contributed by atoms with E-state index in [1.807, 2.05) is 25.3 Å². The maximum absolute atomic E-state index is 13.4. The molecule has 1 atom stereocenters. The number of rotatable bonds is 2. The van der Waals surface area contributed by atoms with E-state index < -0.39 is 18.0 Å². The number of hydrogen-bond acceptors (Lipinski definition) is 2. The Balaban J connectivity index is 1.73. The van der Waals surface area contributed by atoms with Crippen molar-refractivity contribution in [1.82, 2.24) is 19.0 Å². The topological polar surface area (TPSA) is 43.1 Å². The van der Waals surface area contributed by atoms with Gasteiger partial charge in [0, 0.05) is 36.6 Å². The lowest BCUT2D eigenvalue weighted by Gasteiger charge is -2.35. The Hall–Kier alpha value is -2.77. The van der Waals surface area contributed by atoms with Crippen LogP contribution in [0, 0.1) is 0 Å². The lowest BCUT2D eigenvalue weighted by molar-refractivity contribution is -0.147. The van der Waals surface area contributed by atoms with Crippen LogP contribution >= 0.6 is 0 Å². The zero-order chi connectivity index (χ0) is 20.2. The number of amides is 1. The van der Waals surface area contributed by atoms with E-state index in [1.54, 1.807) is 30.9 Å². The summed E-state index contributed by atoms with van der Waals surface area (Å²) in [6.45, 7) is 6.56. The third kappa shape index (κ3) is 2.87. The van der Waals surface area contributed by atoms with Crippen molar-refractivity contribution >= 4 is 16.9 Å². The van der Waals surface area contributed by atoms with Crippen molar-refractivity contribution in [3.05, 3.63) is 53.6 Å². The molecule has 0 N–H and O–H groups in total. The number of carbonyl (C=O) groups is 1. The second-order valence-electron chi connectivity index (χ2n) is 7.40. The Morgan fingerprint density at radius 2 is 1.96 bits per heavy atom. The Morgan fingerprint density at radius 1 is 1.21 bits per heavy atom. The molecule has 1 aromatic carbocycles. The second kappa shape index (κ2) is 6.39. The van der Waals surface area contributed by atoms with Gasteiger partial charge in [-0.25, -0.2) is 4.98 Å². The van der Waals surface area contributed by atoms with E-state index in [0.29, 0.717) is 24.2 Å². The van der Waals surface area contributed by atoms with Crippen LogP contribution in [0.4, 0.5) is 13.2 Å². The van der Waals surface area contributed by atoms with Gasteiger partial charge in [0.2, 0.25) is 5.82 Å². The number of hydrogen-bond donors (Lipinski definition) is 0. The first-order valence-electron chi connectivity index (χ1n) is 9.23. The van der Waals surface area contributed by atoms with Gasteiger partial charge in [0.1, 0.15) is 0 Å². The third-order valence-electron chi connectivity index (χ3n) is 5.31. The Labute approximate surface area is 160 Å². The Morgan fingerprint density at radius 3 is 2.64 bits per heavy atom. The van der Waals surface area contributed by atoms with Gasteiger partial charge in [-0.2, -0.15) is 13.2 Å². The molecule has 1 unspecified atom stereocenters. The molecule has 8 heteroatoms. The molecular formula is C20H21F3N4O. The van der Waals surface area contributed by atoms with Crippen molar-refractivity contribution in [2.24, 2.45) is 0 Å². The summed E-state index contributed by atoms with van der Waals surface area (Å²) in [4.78, 5) is 18.6. The summed E-state index contributed by atoms with van der Waals surface area (Å²) >= 11 is 0. The molecule has 0 bridgehead atoms. The molecular weight excluding hydrogens is 369 g/mol. The highest BCUT2D eigenvalue weighted by Gasteiger charge is 2.38. The monoisotopic (exact) mass is 390 g/mol. The van der Waals surface area contributed by atoms with E-state index in [9.17, 15) is 18.0 Å². The normalized spacial score (nSPS) is 17.4. The zero-order valence-electron chi connectivity index (χ0n) is 15.9. The maximum Gasteiger partial charge on any atom is 0.449 e. The number of halogens is 3. The minimum atomic E-state index is -4.56. The first-order valence-corrected chi connectivity index (χ1v) is 9.23. The van der Waals surface area contributed by atoms with Crippen molar-refractivity contribution in [2.75, 3.05) is 6.54 Å². The fraction of sp³-hybridized carbons (Fsp3) is 0.400. The molecule has 4 rings (SSSR count). The Kier molecular flexibility index (Phi) is 4.24. The summed E-state index contributed by atoms with van der Waals surface area (Å²) in [5, 5.41) is 0. The predicted octanol–water partition coefficient (Wildman–Crippen LogP) is 4.65. The number of aromatic nitrogens is 3. The lowest BCUT2D eigenvalue weighted by Crippen LogP contribution is -2.40. The molecule has 148 valence electrons. The number of alkyl halides is 3. The van der Waals surface area contributed by atoms with Gasteiger partial charge in [-0.1, -0.05) is 0 Å². The number of fused-ring (bicyclic) bond motifs is 2. The lowest BCUT2D eigenvalue weighted by atomic mass is 10.1. The van der Waals surface area contributed by atoms with E-state index in [1.165, 1.54) is 10.6 Å². The summed E-state index contributed by atoms with van der Waals surface area (Å²) in [6, 6.07) is 8.03. The maximum atomic E-state index is 13.4. The zero-order valence-corrected chi connectivity index (χ0v) is 15.9. The highest BCUT2D eigenvalue weighted by Crippen LogP contribution is 2.34. The molecule has 1 amide bonds. The summed E-state index contributed by atoms with van der Waals surface area (Å²) in [6.07, 6.45) is -2.57. The standard InChI is InChI=1S/C20H21F3N4O/c1-12(2)27-17-7-6-14(11-15(17)24-19(27)20(21,22)23)18(28)26-10-9-25-8-4-5-16(25)13(26)3/h4-8,11-13H,9-10H2,1-3H3. The summed E-state index contributed by atoms with van der Waals surface area (Å²) in [7, 11) is 0. The molecule has 0 spiro atoms. The molecule has 0 radical (unpaired) electrons. The van der Waals surface area contributed by atoms with Crippen LogP contribution in [0.25, 0.3) is 11.0 Å². The summed E-state index contributed by atoms with van der Waals surface area (Å²) in [5.41, 5.74) is 1.95. The van der Waals surface area contributed by atoms with Gasteiger partial charge >= 0.3 is 6.18 Å². The Bertz CT molecular complexity index is 1050. The molecule has 0 saturated carbocycles. The van der Waals surface area contributed by atoms with E-state index in [2.05, 4.69) is 9.55 Å². The van der Waals surface area contributed by atoms with Crippen LogP contribution in [-0.4, -0.2) is 31.5 Å². The average molecular weight is 390 g/mol. The van der Waals surface area contributed by atoms with Crippen LogP contribution in [0.2, 0.25) is 0 Å². The van der Waals surface area contributed by atoms with E-state index in [-0.39, 0.29) is 17.5 Å². The minimum Gasteiger partial charge on any atom is -0.348 e. The molecule has 2 aromatic heterocycles. The highest BCUT2D eigenvalue weighted by atomic mass is 19.4. The first kappa shape index (κ1) is 18.6. The van der Waals surface area contributed by atoms with Crippen molar-refractivity contribution in [3.63, 3.8) is 0 Å². The fourth-order valence-corrected chi connectivity index (χ4v) is 3.98. The van der Waals surface area contributed by atoms with Crippen LogP contribution < -0.4 is 0 Å². The molecule has 3 heterocycles. The molecule has 0 saturated heterocycles. The summed E-state index contributed by atoms with van der Waals surface area (Å²) in [5.74, 6) is -1.14. The third-order valence-corrected chi connectivity index (χ3v) is 5.31. The van der Waals surface area contributed by atoms with Crippen molar-refractivity contribution in [2.45, 2.75) is 45.6 Å². The van der Waals surface area contributed by atoms with Gasteiger partial charge in [-0.05, 0) is 51.1 Å². The predicted molar refractivity (Wildman–Crippen MR) is 99.0 cm³/mol. The second-order valence-corrected chi connectivity index (χ2v) is 7.40. The van der Waals surface area contributed by atoms with Crippen LogP contribution in [-0.2, 0) is 12.7 Å². The van der Waals surface area contributed by atoms with Gasteiger partial charge in [0.25, 0.3) is 5.91 Å². The van der Waals surface area contributed by atoms with Crippen LogP contribution in [0.3, 0.4) is 0 Å². The van der Waals surface area contributed by atoms with Gasteiger partial charge in [0.15, 0.2) is 0 Å². The number of benzene rings is 1. The van der Waals surface area contributed by atoms with E-state index >= 15 is 0 Å². The molecule has 28 heavy (non-hydrogen) atoms. The quantitative estimate of drug-likeness (QED) is 0.639. The largest absolute Gasteiger partial charge is 0.449 e.